The van der Waals surface area contributed by atoms with Crippen LogP contribution < -0.4 is 9.47 Å². The van der Waals surface area contributed by atoms with Gasteiger partial charge in [0.2, 0.25) is 5.88 Å². The van der Waals surface area contributed by atoms with Crippen molar-refractivity contribution < 1.29 is 14.6 Å². The summed E-state index contributed by atoms with van der Waals surface area (Å²) in [5.74, 6) is 1.97. The topological polar surface area (TPSA) is 51.6 Å². The second kappa shape index (κ2) is 5.12. The summed E-state index contributed by atoms with van der Waals surface area (Å²) in [6.45, 7) is 0.242. The van der Waals surface area contributed by atoms with Gasteiger partial charge in [-0.2, -0.15) is 0 Å². The number of rotatable bonds is 3. The van der Waals surface area contributed by atoms with Gasteiger partial charge in [-0.15, -0.1) is 0 Å². The second-order valence-electron chi connectivity index (χ2n) is 4.07. The molecule has 0 unspecified atom stereocenters. The summed E-state index contributed by atoms with van der Waals surface area (Å²) in [6.07, 6.45) is 5.58. The zero-order valence-electron chi connectivity index (χ0n) is 10.2. The average molecular weight is 255 g/mol. The number of fused-ring (bicyclic) bond motifs is 2. The maximum Gasteiger partial charge on any atom is 0.226 e. The van der Waals surface area contributed by atoms with Gasteiger partial charge in [-0.1, -0.05) is 6.07 Å². The van der Waals surface area contributed by atoms with E-state index in [2.05, 4.69) is 4.98 Å². The Morgan fingerprint density at radius 3 is 3.00 bits per heavy atom. The second-order valence-corrected chi connectivity index (χ2v) is 4.07. The third kappa shape index (κ3) is 2.30. The van der Waals surface area contributed by atoms with E-state index in [-0.39, 0.29) is 13.2 Å². The number of ether oxygens (including phenoxy) is 2. The Morgan fingerprint density at radius 2 is 2.11 bits per heavy atom. The van der Waals surface area contributed by atoms with Gasteiger partial charge in [0.05, 0.1) is 12.2 Å². The fraction of sp³-hybridized carbons (Fsp3) is 0.133. The van der Waals surface area contributed by atoms with Crippen molar-refractivity contribution in [1.29, 1.82) is 0 Å². The van der Waals surface area contributed by atoms with Gasteiger partial charge in [0.1, 0.15) is 18.1 Å². The monoisotopic (exact) mass is 255 g/mol. The molecule has 0 bridgehead atoms. The maximum absolute atomic E-state index is 8.84. The summed E-state index contributed by atoms with van der Waals surface area (Å²) >= 11 is 0. The van der Waals surface area contributed by atoms with Crippen molar-refractivity contribution >= 4 is 12.2 Å². The molecule has 0 aliphatic carbocycles. The van der Waals surface area contributed by atoms with Gasteiger partial charge >= 0.3 is 0 Å². The van der Waals surface area contributed by atoms with Crippen LogP contribution in [0.4, 0.5) is 0 Å². The summed E-state index contributed by atoms with van der Waals surface area (Å²) in [6, 6.07) is 9.39. The number of nitrogens with zero attached hydrogens (tertiary/aromatic N) is 1. The number of hydrogen-bond acceptors (Lipinski definition) is 4. The number of pyridine rings is 1. The molecule has 0 amide bonds. The number of aliphatic hydroxyl groups excluding tert-OH is 1. The van der Waals surface area contributed by atoms with Crippen molar-refractivity contribution in [3.63, 3.8) is 0 Å². The lowest BCUT2D eigenvalue weighted by Gasteiger charge is -2.11. The van der Waals surface area contributed by atoms with Gasteiger partial charge in [0.15, 0.2) is 0 Å². The third-order valence-electron chi connectivity index (χ3n) is 2.81. The molecule has 0 radical (unpaired) electrons. The SMILES string of the molecule is OCCOc1cccc2c1C=Cc1cccnc1O2. The maximum atomic E-state index is 8.84. The molecule has 96 valence electrons. The summed E-state index contributed by atoms with van der Waals surface area (Å²) in [5.41, 5.74) is 1.78. The van der Waals surface area contributed by atoms with Crippen molar-refractivity contribution in [3.05, 3.63) is 47.7 Å². The molecular formula is C15H13NO3. The van der Waals surface area contributed by atoms with Gasteiger partial charge in [-0.3, -0.25) is 0 Å². The van der Waals surface area contributed by atoms with Crippen LogP contribution in [-0.2, 0) is 0 Å². The molecule has 1 aromatic carbocycles. The molecule has 0 saturated heterocycles. The Kier molecular flexibility index (Phi) is 3.16. The Hall–Kier alpha value is -2.33. The van der Waals surface area contributed by atoms with Crippen LogP contribution in [0, 0.1) is 0 Å². The first-order valence-corrected chi connectivity index (χ1v) is 6.06. The van der Waals surface area contributed by atoms with Crippen LogP contribution in [0.1, 0.15) is 11.1 Å². The van der Waals surface area contributed by atoms with Gasteiger partial charge in [0, 0.05) is 11.8 Å². The number of benzene rings is 1. The van der Waals surface area contributed by atoms with Gasteiger partial charge in [-0.05, 0) is 36.4 Å². The first kappa shape index (κ1) is 11.7. The summed E-state index contributed by atoms with van der Waals surface area (Å²) in [4.78, 5) is 4.22. The van der Waals surface area contributed by atoms with Crippen molar-refractivity contribution in [3.8, 4) is 17.4 Å². The molecule has 3 rings (SSSR count). The Balaban J connectivity index is 2.03. The predicted molar refractivity (Wildman–Crippen MR) is 72.3 cm³/mol. The highest BCUT2D eigenvalue weighted by molar-refractivity contribution is 5.79. The molecule has 4 heteroatoms. The third-order valence-corrected chi connectivity index (χ3v) is 2.81. The highest BCUT2D eigenvalue weighted by Crippen LogP contribution is 2.37. The van der Waals surface area contributed by atoms with E-state index < -0.39 is 0 Å². The molecule has 0 saturated carbocycles. The van der Waals surface area contributed by atoms with E-state index >= 15 is 0 Å². The Labute approximate surface area is 110 Å². The minimum absolute atomic E-state index is 0.0178. The first-order valence-electron chi connectivity index (χ1n) is 6.06. The summed E-state index contributed by atoms with van der Waals surface area (Å²) in [7, 11) is 0. The quantitative estimate of drug-likeness (QED) is 0.781. The molecule has 1 N–H and O–H groups in total. The van der Waals surface area contributed by atoms with Crippen molar-refractivity contribution in [2.75, 3.05) is 13.2 Å². The van der Waals surface area contributed by atoms with Crippen LogP contribution in [-0.4, -0.2) is 23.3 Å². The molecular weight excluding hydrogens is 242 g/mol. The molecule has 0 fully saturated rings. The van der Waals surface area contributed by atoms with Crippen LogP contribution in [0.5, 0.6) is 17.4 Å². The lowest BCUT2D eigenvalue weighted by atomic mass is 10.1. The van der Waals surface area contributed by atoms with Crippen LogP contribution in [0.3, 0.4) is 0 Å². The highest BCUT2D eigenvalue weighted by Gasteiger charge is 2.14. The molecule has 2 aromatic rings. The molecule has 0 spiro atoms. The summed E-state index contributed by atoms with van der Waals surface area (Å²) in [5, 5.41) is 8.84. The molecule has 2 heterocycles. The normalized spacial score (nSPS) is 12.1. The minimum Gasteiger partial charge on any atom is -0.490 e. The van der Waals surface area contributed by atoms with E-state index in [9.17, 15) is 0 Å². The fourth-order valence-corrected chi connectivity index (χ4v) is 1.95. The van der Waals surface area contributed by atoms with Crippen LogP contribution >= 0.6 is 0 Å². The van der Waals surface area contributed by atoms with E-state index in [0.717, 1.165) is 11.1 Å². The van der Waals surface area contributed by atoms with E-state index in [4.69, 9.17) is 14.6 Å². The van der Waals surface area contributed by atoms with Crippen molar-refractivity contribution in [1.82, 2.24) is 4.98 Å². The summed E-state index contributed by atoms with van der Waals surface area (Å²) < 4.78 is 11.3. The molecule has 1 aliphatic heterocycles. The van der Waals surface area contributed by atoms with Crippen molar-refractivity contribution in [2.24, 2.45) is 0 Å². The first-order chi connectivity index (χ1) is 9.38. The predicted octanol–water partition coefficient (Wildman–Crippen LogP) is 2.73. The zero-order valence-corrected chi connectivity index (χ0v) is 10.2. The van der Waals surface area contributed by atoms with Crippen LogP contribution in [0.25, 0.3) is 12.2 Å². The van der Waals surface area contributed by atoms with Crippen LogP contribution in [0.2, 0.25) is 0 Å². The zero-order chi connectivity index (χ0) is 13.1. The molecule has 4 nitrogen and oxygen atoms in total. The van der Waals surface area contributed by atoms with Gasteiger partial charge in [0.25, 0.3) is 0 Å². The molecule has 19 heavy (non-hydrogen) atoms. The number of aliphatic hydroxyl groups is 1. The average Bonchev–Trinajstić information content (AvgIpc) is 2.64. The lowest BCUT2D eigenvalue weighted by molar-refractivity contribution is 0.201. The minimum atomic E-state index is -0.0178. The van der Waals surface area contributed by atoms with E-state index in [0.29, 0.717) is 17.4 Å². The van der Waals surface area contributed by atoms with E-state index in [1.165, 1.54) is 0 Å². The smallest absolute Gasteiger partial charge is 0.226 e. The fourth-order valence-electron chi connectivity index (χ4n) is 1.95. The molecule has 1 aliphatic rings. The lowest BCUT2D eigenvalue weighted by Crippen LogP contribution is -2.03. The molecule has 1 aromatic heterocycles. The van der Waals surface area contributed by atoms with Gasteiger partial charge < -0.3 is 14.6 Å². The number of hydrogen-bond donors (Lipinski definition) is 1. The van der Waals surface area contributed by atoms with Crippen LogP contribution in [0.15, 0.2) is 36.5 Å². The van der Waals surface area contributed by atoms with E-state index in [1.54, 1.807) is 6.20 Å². The van der Waals surface area contributed by atoms with Crippen molar-refractivity contribution in [2.45, 2.75) is 0 Å². The molecule has 0 atom stereocenters. The number of aromatic nitrogens is 1. The Morgan fingerprint density at radius 1 is 1.16 bits per heavy atom. The highest BCUT2D eigenvalue weighted by atomic mass is 16.5. The van der Waals surface area contributed by atoms with E-state index in [1.807, 2.05) is 42.5 Å². The standard InChI is InChI=1S/C15H13NO3/c17-9-10-18-13-4-1-5-14-12(13)7-6-11-3-2-8-16-15(11)19-14/h1-8,17H,9-10H2. The van der Waals surface area contributed by atoms with Gasteiger partial charge in [-0.25, -0.2) is 4.98 Å². The Bertz CT molecular complexity index is 623. The largest absolute Gasteiger partial charge is 0.490 e.